The number of hydrogen-bond acceptors (Lipinski definition) is 4. The average Bonchev–Trinajstić information content (AvgIpc) is 2.66. The second-order valence-corrected chi connectivity index (χ2v) is 4.34. The van der Waals surface area contributed by atoms with E-state index >= 15 is 0 Å². The maximum absolute atomic E-state index is 11.9. The largest absolute Gasteiger partial charge is 0.497 e. The lowest BCUT2D eigenvalue weighted by atomic mass is 9.81. The molecular weight excluding hydrogens is 220 g/mol. The molecule has 1 fully saturated rings. The Kier molecular flexibility index (Phi) is 3.07. The van der Waals surface area contributed by atoms with Crippen LogP contribution in [0.2, 0.25) is 0 Å². The second-order valence-electron chi connectivity index (χ2n) is 4.34. The topological polar surface area (TPSA) is 44.8 Å². The number of rotatable bonds is 3. The van der Waals surface area contributed by atoms with Crippen molar-refractivity contribution >= 4 is 5.97 Å². The summed E-state index contributed by atoms with van der Waals surface area (Å²) in [6, 6.07) is 7.46. The molecule has 0 radical (unpaired) electrons. The van der Waals surface area contributed by atoms with E-state index in [1.807, 2.05) is 31.2 Å². The molecule has 4 nitrogen and oxygen atoms in total. The van der Waals surface area contributed by atoms with E-state index in [1.165, 1.54) is 7.11 Å². The molecule has 2 atom stereocenters. The van der Waals surface area contributed by atoms with Crippen LogP contribution < -0.4 is 4.74 Å². The van der Waals surface area contributed by atoms with E-state index in [9.17, 15) is 4.79 Å². The smallest absolute Gasteiger partial charge is 0.318 e. The van der Waals surface area contributed by atoms with Gasteiger partial charge in [0.25, 0.3) is 0 Å². The van der Waals surface area contributed by atoms with Crippen LogP contribution in [0.5, 0.6) is 5.75 Å². The zero-order chi connectivity index (χ0) is 12.5. The zero-order valence-electron chi connectivity index (χ0n) is 10.2. The first kappa shape index (κ1) is 11.9. The molecule has 4 heteroatoms. The van der Waals surface area contributed by atoms with Gasteiger partial charge in [-0.15, -0.1) is 0 Å². The van der Waals surface area contributed by atoms with Crippen LogP contribution in [0.1, 0.15) is 18.9 Å². The maximum atomic E-state index is 11.9. The van der Waals surface area contributed by atoms with Crippen molar-refractivity contribution in [2.75, 3.05) is 14.2 Å². The molecule has 2 rings (SSSR count). The summed E-state index contributed by atoms with van der Waals surface area (Å²) in [6.07, 6.45) is 0.0869. The predicted octanol–water partition coefficient (Wildman–Crippen LogP) is 1.87. The minimum atomic E-state index is -0.632. The molecule has 0 saturated carbocycles. The summed E-state index contributed by atoms with van der Waals surface area (Å²) in [5, 5.41) is 0. The Hall–Kier alpha value is -1.55. The fourth-order valence-electron chi connectivity index (χ4n) is 2.03. The first-order valence-corrected chi connectivity index (χ1v) is 5.48. The number of ether oxygens (including phenoxy) is 3. The van der Waals surface area contributed by atoms with Gasteiger partial charge in [0.1, 0.15) is 5.75 Å². The summed E-state index contributed by atoms with van der Waals surface area (Å²) in [5.41, 5.74) is 0.287. The van der Waals surface area contributed by atoms with Gasteiger partial charge in [-0.1, -0.05) is 12.1 Å². The fourth-order valence-corrected chi connectivity index (χ4v) is 2.03. The van der Waals surface area contributed by atoms with Gasteiger partial charge in [-0.2, -0.15) is 0 Å². The Bertz CT molecular complexity index is 412. The summed E-state index contributed by atoms with van der Waals surface area (Å²) in [7, 11) is 3.15. The van der Waals surface area contributed by atoms with Gasteiger partial charge < -0.3 is 14.2 Å². The van der Waals surface area contributed by atoms with Crippen LogP contribution in [0, 0.1) is 0 Å². The van der Waals surface area contributed by atoms with Crippen molar-refractivity contribution in [3.8, 4) is 5.75 Å². The number of methoxy groups -OCH3 is 2. The lowest BCUT2D eigenvalue weighted by molar-refractivity contribution is -0.159. The van der Waals surface area contributed by atoms with E-state index in [0.717, 1.165) is 11.3 Å². The predicted molar refractivity (Wildman–Crippen MR) is 61.9 cm³/mol. The van der Waals surface area contributed by atoms with Gasteiger partial charge in [0.2, 0.25) is 6.29 Å². The van der Waals surface area contributed by atoms with E-state index in [2.05, 4.69) is 0 Å². The summed E-state index contributed by atoms with van der Waals surface area (Å²) < 4.78 is 15.3. The van der Waals surface area contributed by atoms with Gasteiger partial charge in [0.05, 0.1) is 12.5 Å². The van der Waals surface area contributed by atoms with Crippen molar-refractivity contribution in [3.63, 3.8) is 0 Å². The zero-order valence-corrected chi connectivity index (χ0v) is 10.2. The number of hydrogen-bond donors (Lipinski definition) is 0. The Morgan fingerprint density at radius 3 is 2.41 bits per heavy atom. The van der Waals surface area contributed by atoms with Crippen molar-refractivity contribution in [1.29, 1.82) is 0 Å². The van der Waals surface area contributed by atoms with E-state index in [4.69, 9.17) is 14.2 Å². The normalized spacial score (nSPS) is 27.9. The van der Waals surface area contributed by atoms with Gasteiger partial charge >= 0.3 is 5.97 Å². The third-order valence-corrected chi connectivity index (χ3v) is 3.25. The summed E-state index contributed by atoms with van der Waals surface area (Å²) in [5.74, 6) is 0.529. The monoisotopic (exact) mass is 236 g/mol. The minimum Gasteiger partial charge on any atom is -0.497 e. The standard InChI is InChI=1S/C13H16O4/c1-13(8-11(16-3)17-12(13)14)9-4-6-10(15-2)7-5-9/h4-7,11H,8H2,1-3H3/t11?,13-/m0/s1. The van der Waals surface area contributed by atoms with E-state index in [1.54, 1.807) is 7.11 Å². The number of benzene rings is 1. The third kappa shape index (κ3) is 2.00. The van der Waals surface area contributed by atoms with Gasteiger partial charge in [-0.05, 0) is 24.6 Å². The van der Waals surface area contributed by atoms with E-state index in [0.29, 0.717) is 6.42 Å². The molecule has 0 bridgehead atoms. The van der Waals surface area contributed by atoms with Crippen molar-refractivity contribution in [2.45, 2.75) is 25.0 Å². The Morgan fingerprint density at radius 2 is 1.94 bits per heavy atom. The molecule has 1 unspecified atom stereocenters. The molecule has 1 aromatic rings. The molecule has 0 aromatic heterocycles. The van der Waals surface area contributed by atoms with Crippen LogP contribution in [-0.2, 0) is 19.7 Å². The fraction of sp³-hybridized carbons (Fsp3) is 0.462. The van der Waals surface area contributed by atoms with Crippen LogP contribution in [0.25, 0.3) is 0 Å². The van der Waals surface area contributed by atoms with Crippen molar-refractivity contribution < 1.29 is 19.0 Å². The molecule has 17 heavy (non-hydrogen) atoms. The highest BCUT2D eigenvalue weighted by atomic mass is 16.7. The maximum Gasteiger partial charge on any atom is 0.318 e. The Balaban J connectivity index is 2.28. The van der Waals surface area contributed by atoms with Crippen LogP contribution in [-0.4, -0.2) is 26.5 Å². The molecule has 1 aromatic carbocycles. The summed E-state index contributed by atoms with van der Waals surface area (Å²) in [4.78, 5) is 11.9. The van der Waals surface area contributed by atoms with Crippen molar-refractivity contribution in [2.24, 2.45) is 0 Å². The molecule has 0 spiro atoms. The number of carbonyl (C=O) groups excluding carboxylic acids is 1. The highest BCUT2D eigenvalue weighted by Crippen LogP contribution is 2.37. The third-order valence-electron chi connectivity index (χ3n) is 3.25. The minimum absolute atomic E-state index is 0.241. The first-order valence-electron chi connectivity index (χ1n) is 5.48. The molecule has 1 saturated heterocycles. The van der Waals surface area contributed by atoms with Gasteiger partial charge in [-0.3, -0.25) is 4.79 Å². The van der Waals surface area contributed by atoms with Crippen molar-refractivity contribution in [3.05, 3.63) is 29.8 Å². The van der Waals surface area contributed by atoms with Crippen LogP contribution in [0.3, 0.4) is 0 Å². The second kappa shape index (κ2) is 4.37. The Morgan fingerprint density at radius 1 is 1.29 bits per heavy atom. The SMILES string of the molecule is COc1ccc([C@]2(C)CC(OC)OC2=O)cc1. The molecule has 1 aliphatic heterocycles. The number of esters is 1. The summed E-state index contributed by atoms with van der Waals surface area (Å²) in [6.45, 7) is 1.87. The van der Waals surface area contributed by atoms with Gasteiger partial charge in [-0.25, -0.2) is 0 Å². The lowest BCUT2D eigenvalue weighted by Crippen LogP contribution is -2.27. The lowest BCUT2D eigenvalue weighted by Gasteiger charge is -2.19. The van der Waals surface area contributed by atoms with Gasteiger partial charge in [0.15, 0.2) is 0 Å². The molecule has 92 valence electrons. The molecule has 0 aliphatic carbocycles. The average molecular weight is 236 g/mol. The number of carbonyl (C=O) groups is 1. The highest BCUT2D eigenvalue weighted by Gasteiger charge is 2.46. The molecule has 1 heterocycles. The van der Waals surface area contributed by atoms with Crippen LogP contribution in [0.15, 0.2) is 24.3 Å². The first-order chi connectivity index (χ1) is 8.10. The quantitative estimate of drug-likeness (QED) is 0.751. The Labute approximate surface area is 100 Å². The van der Waals surface area contributed by atoms with E-state index in [-0.39, 0.29) is 5.97 Å². The molecule has 0 N–H and O–H groups in total. The van der Waals surface area contributed by atoms with Crippen LogP contribution in [0.4, 0.5) is 0 Å². The van der Waals surface area contributed by atoms with Crippen LogP contribution >= 0.6 is 0 Å². The van der Waals surface area contributed by atoms with Gasteiger partial charge in [0, 0.05) is 13.5 Å². The molecule has 0 amide bonds. The van der Waals surface area contributed by atoms with E-state index < -0.39 is 11.7 Å². The van der Waals surface area contributed by atoms with Crippen molar-refractivity contribution in [1.82, 2.24) is 0 Å². The molecular formula is C13H16O4. The molecule has 1 aliphatic rings. The highest BCUT2D eigenvalue weighted by molar-refractivity contribution is 5.84. The number of cyclic esters (lactones) is 1. The summed E-state index contributed by atoms with van der Waals surface area (Å²) >= 11 is 0.